The summed E-state index contributed by atoms with van der Waals surface area (Å²) in [6.07, 6.45) is 8.72. The van der Waals surface area contributed by atoms with E-state index in [0.717, 1.165) is 24.7 Å². The number of carboxylic acid groups (broad SMARTS) is 1. The number of hydrogen-bond acceptors (Lipinski definition) is 1. The average Bonchev–Trinajstić information content (AvgIpc) is 2.16. The number of carbonyl (C=O) groups is 1. The maximum absolute atomic E-state index is 10.2. The summed E-state index contributed by atoms with van der Waals surface area (Å²) in [6.45, 7) is 6.81. The van der Waals surface area contributed by atoms with Crippen molar-refractivity contribution in [1.29, 1.82) is 0 Å². The van der Waals surface area contributed by atoms with Crippen LogP contribution in [0, 0.1) is 11.8 Å². The molecule has 0 heterocycles. The van der Waals surface area contributed by atoms with E-state index in [4.69, 9.17) is 5.11 Å². The number of allylic oxidation sites excluding steroid dienone is 1. The lowest BCUT2D eigenvalue weighted by Gasteiger charge is -2.14. The SMILES string of the molecule is CCC(C)CC(C)CCC/C=C/C(=O)O. The lowest BCUT2D eigenvalue weighted by atomic mass is 9.91. The molecule has 0 aliphatic rings. The average molecular weight is 212 g/mol. The molecule has 2 nitrogen and oxygen atoms in total. The number of carboxylic acids is 1. The second-order valence-electron chi connectivity index (χ2n) is 4.53. The highest BCUT2D eigenvalue weighted by atomic mass is 16.4. The number of rotatable bonds is 8. The Hall–Kier alpha value is -0.790. The topological polar surface area (TPSA) is 37.3 Å². The fraction of sp³-hybridized carbons (Fsp3) is 0.769. The molecule has 0 saturated heterocycles. The van der Waals surface area contributed by atoms with E-state index in [-0.39, 0.29) is 0 Å². The molecule has 2 unspecified atom stereocenters. The summed E-state index contributed by atoms with van der Waals surface area (Å²) >= 11 is 0. The Morgan fingerprint density at radius 2 is 2.00 bits per heavy atom. The molecule has 0 aliphatic carbocycles. The third-order valence-electron chi connectivity index (χ3n) is 2.83. The Labute approximate surface area is 93.4 Å². The van der Waals surface area contributed by atoms with Gasteiger partial charge < -0.3 is 5.11 Å². The van der Waals surface area contributed by atoms with Gasteiger partial charge in [-0.25, -0.2) is 4.79 Å². The number of aliphatic carboxylic acids is 1. The van der Waals surface area contributed by atoms with Crippen LogP contribution in [-0.4, -0.2) is 11.1 Å². The van der Waals surface area contributed by atoms with Crippen LogP contribution in [0.15, 0.2) is 12.2 Å². The second kappa shape index (κ2) is 8.51. The van der Waals surface area contributed by atoms with Crippen molar-refractivity contribution in [1.82, 2.24) is 0 Å². The van der Waals surface area contributed by atoms with Crippen LogP contribution in [0.5, 0.6) is 0 Å². The summed E-state index contributed by atoms with van der Waals surface area (Å²) in [6, 6.07) is 0. The van der Waals surface area contributed by atoms with Crippen LogP contribution >= 0.6 is 0 Å². The molecule has 15 heavy (non-hydrogen) atoms. The summed E-state index contributed by atoms with van der Waals surface area (Å²) in [5, 5.41) is 8.39. The quantitative estimate of drug-likeness (QED) is 0.490. The van der Waals surface area contributed by atoms with Gasteiger partial charge in [0, 0.05) is 6.08 Å². The molecule has 0 aromatic carbocycles. The molecule has 0 rings (SSSR count). The lowest BCUT2D eigenvalue weighted by molar-refractivity contribution is -0.131. The van der Waals surface area contributed by atoms with E-state index in [9.17, 15) is 4.79 Å². The number of hydrogen-bond donors (Lipinski definition) is 1. The predicted molar refractivity (Wildman–Crippen MR) is 63.9 cm³/mol. The molecule has 0 spiro atoms. The van der Waals surface area contributed by atoms with Crippen molar-refractivity contribution in [3.8, 4) is 0 Å². The minimum atomic E-state index is -0.845. The summed E-state index contributed by atoms with van der Waals surface area (Å²) < 4.78 is 0. The molecule has 88 valence electrons. The van der Waals surface area contributed by atoms with Crippen molar-refractivity contribution in [2.24, 2.45) is 11.8 Å². The zero-order valence-corrected chi connectivity index (χ0v) is 10.2. The summed E-state index contributed by atoms with van der Waals surface area (Å²) in [7, 11) is 0. The summed E-state index contributed by atoms with van der Waals surface area (Å²) in [5.74, 6) is 0.732. The molecule has 0 bridgehead atoms. The fourth-order valence-electron chi connectivity index (χ4n) is 1.74. The van der Waals surface area contributed by atoms with Crippen LogP contribution < -0.4 is 0 Å². The van der Waals surface area contributed by atoms with Crippen molar-refractivity contribution >= 4 is 5.97 Å². The third kappa shape index (κ3) is 9.51. The standard InChI is InChI=1S/C13H24O2/c1-4-11(2)10-12(3)8-6-5-7-9-13(14)15/h7,9,11-12H,4-6,8,10H2,1-3H3,(H,14,15)/b9-7+. The van der Waals surface area contributed by atoms with Gasteiger partial charge in [0.15, 0.2) is 0 Å². The third-order valence-corrected chi connectivity index (χ3v) is 2.83. The molecule has 2 heteroatoms. The van der Waals surface area contributed by atoms with Gasteiger partial charge in [-0.05, 0) is 31.1 Å². The maximum atomic E-state index is 10.2. The predicted octanol–water partition coefficient (Wildman–Crippen LogP) is 3.87. The highest BCUT2D eigenvalue weighted by molar-refractivity contribution is 5.79. The van der Waals surface area contributed by atoms with Crippen LogP contribution in [0.4, 0.5) is 0 Å². The molecule has 0 aromatic rings. The van der Waals surface area contributed by atoms with Crippen molar-refractivity contribution in [2.45, 2.75) is 52.9 Å². The first-order valence-corrected chi connectivity index (χ1v) is 5.95. The molecule has 0 radical (unpaired) electrons. The molecule has 2 atom stereocenters. The first-order chi connectivity index (χ1) is 7.06. The molecule has 0 fully saturated rings. The lowest BCUT2D eigenvalue weighted by Crippen LogP contribution is -2.02. The molecule has 0 amide bonds. The van der Waals surface area contributed by atoms with Gasteiger partial charge in [0.05, 0.1) is 0 Å². The van der Waals surface area contributed by atoms with Crippen LogP contribution in [0.1, 0.15) is 52.9 Å². The monoisotopic (exact) mass is 212 g/mol. The Bertz CT molecular complexity index is 197. The molecule has 1 N–H and O–H groups in total. The fourth-order valence-corrected chi connectivity index (χ4v) is 1.74. The van der Waals surface area contributed by atoms with Crippen LogP contribution in [0.25, 0.3) is 0 Å². The minimum Gasteiger partial charge on any atom is -0.478 e. The Morgan fingerprint density at radius 3 is 2.53 bits per heavy atom. The van der Waals surface area contributed by atoms with E-state index < -0.39 is 5.97 Å². The van der Waals surface area contributed by atoms with Gasteiger partial charge in [0.1, 0.15) is 0 Å². The highest BCUT2D eigenvalue weighted by Crippen LogP contribution is 2.19. The van der Waals surface area contributed by atoms with E-state index >= 15 is 0 Å². The highest BCUT2D eigenvalue weighted by Gasteiger charge is 2.06. The molecular formula is C13H24O2. The Balaban J connectivity index is 3.46. The Morgan fingerprint density at radius 1 is 1.33 bits per heavy atom. The minimum absolute atomic E-state index is 0.762. The van der Waals surface area contributed by atoms with E-state index in [1.165, 1.54) is 25.3 Å². The van der Waals surface area contributed by atoms with Crippen molar-refractivity contribution in [3.05, 3.63) is 12.2 Å². The zero-order valence-electron chi connectivity index (χ0n) is 10.2. The smallest absolute Gasteiger partial charge is 0.327 e. The Kier molecular flexibility index (Phi) is 8.06. The summed E-state index contributed by atoms with van der Waals surface area (Å²) in [5.41, 5.74) is 0. The first-order valence-electron chi connectivity index (χ1n) is 5.95. The van der Waals surface area contributed by atoms with Gasteiger partial charge >= 0.3 is 5.97 Å². The largest absolute Gasteiger partial charge is 0.478 e. The normalized spacial score (nSPS) is 15.4. The van der Waals surface area contributed by atoms with E-state index in [2.05, 4.69) is 20.8 Å². The van der Waals surface area contributed by atoms with Crippen molar-refractivity contribution < 1.29 is 9.90 Å². The van der Waals surface area contributed by atoms with Gasteiger partial charge in [0.2, 0.25) is 0 Å². The van der Waals surface area contributed by atoms with E-state index in [1.807, 2.05) is 0 Å². The van der Waals surface area contributed by atoms with Crippen LogP contribution in [-0.2, 0) is 4.79 Å². The molecular weight excluding hydrogens is 188 g/mol. The second-order valence-corrected chi connectivity index (χ2v) is 4.53. The first kappa shape index (κ1) is 14.2. The van der Waals surface area contributed by atoms with Gasteiger partial charge in [-0.2, -0.15) is 0 Å². The van der Waals surface area contributed by atoms with Gasteiger partial charge in [-0.3, -0.25) is 0 Å². The zero-order chi connectivity index (χ0) is 11.7. The van der Waals surface area contributed by atoms with Gasteiger partial charge in [-0.1, -0.05) is 39.7 Å². The van der Waals surface area contributed by atoms with Gasteiger partial charge in [0.25, 0.3) is 0 Å². The van der Waals surface area contributed by atoms with Gasteiger partial charge in [-0.15, -0.1) is 0 Å². The molecule has 0 aliphatic heterocycles. The number of unbranched alkanes of at least 4 members (excludes halogenated alkanes) is 1. The summed E-state index contributed by atoms with van der Waals surface area (Å²) in [4.78, 5) is 10.2. The molecule has 0 aromatic heterocycles. The van der Waals surface area contributed by atoms with Crippen LogP contribution in [0.2, 0.25) is 0 Å². The van der Waals surface area contributed by atoms with Crippen molar-refractivity contribution in [2.75, 3.05) is 0 Å². The maximum Gasteiger partial charge on any atom is 0.327 e. The van der Waals surface area contributed by atoms with E-state index in [1.54, 1.807) is 6.08 Å². The van der Waals surface area contributed by atoms with Crippen molar-refractivity contribution in [3.63, 3.8) is 0 Å². The van der Waals surface area contributed by atoms with Crippen LogP contribution in [0.3, 0.4) is 0 Å². The van der Waals surface area contributed by atoms with E-state index in [0.29, 0.717) is 0 Å². The molecule has 0 saturated carbocycles.